The third-order valence-corrected chi connectivity index (χ3v) is 4.66. The third kappa shape index (κ3) is 3.07. The van der Waals surface area contributed by atoms with Crippen molar-refractivity contribution in [2.45, 2.75) is 6.04 Å². The smallest absolute Gasteiger partial charge is 0.409 e. The predicted molar refractivity (Wildman–Crippen MR) is 101 cm³/mol. The van der Waals surface area contributed by atoms with E-state index in [1.54, 1.807) is 47.4 Å². The van der Waals surface area contributed by atoms with Crippen LogP contribution in [0.15, 0.2) is 53.8 Å². The fourth-order valence-electron chi connectivity index (χ4n) is 3.17. The van der Waals surface area contributed by atoms with Crippen molar-refractivity contribution in [3.05, 3.63) is 64.8 Å². The maximum Gasteiger partial charge on any atom is 0.409 e. The van der Waals surface area contributed by atoms with E-state index in [0.717, 1.165) is 0 Å². The Kier molecular flexibility index (Phi) is 4.48. The van der Waals surface area contributed by atoms with Gasteiger partial charge in [0.1, 0.15) is 11.2 Å². The van der Waals surface area contributed by atoms with Crippen molar-refractivity contribution in [3.8, 4) is 0 Å². The number of hydrogen-bond acceptors (Lipinski definition) is 6. The molecule has 1 fully saturated rings. The number of nitrogens with one attached hydrogen (secondary N) is 1. The highest BCUT2D eigenvalue weighted by Gasteiger charge is 2.34. The Morgan fingerprint density at radius 1 is 1.18 bits per heavy atom. The van der Waals surface area contributed by atoms with Crippen LogP contribution in [0.2, 0.25) is 0 Å². The van der Waals surface area contributed by atoms with Crippen LogP contribution in [0, 0.1) is 0 Å². The topological polar surface area (TPSA) is 106 Å². The molecule has 28 heavy (non-hydrogen) atoms. The van der Waals surface area contributed by atoms with E-state index in [0.29, 0.717) is 29.8 Å². The molecular formula is C19H17N5O4. The molecule has 2 amide bonds. The maximum atomic E-state index is 12.8. The molecule has 0 aromatic carbocycles. The molecule has 0 saturated carbocycles. The average molecular weight is 379 g/mol. The molecule has 0 bridgehead atoms. The normalized spacial score (nSPS) is 13.8. The Morgan fingerprint density at radius 2 is 1.93 bits per heavy atom. The standard InChI is InChI=1S/C19H17N5O4/c1-28-19(27)23-9-13(10-23)24-11-15(16(25)14-3-2-6-21-17(14)24)18(26)22-12-4-7-20-8-5-12/h2-8,11,13H,9-10H2,1H3,(H,20,22,26). The van der Waals surface area contributed by atoms with Crippen LogP contribution in [0.1, 0.15) is 16.4 Å². The first-order chi connectivity index (χ1) is 13.6. The van der Waals surface area contributed by atoms with Gasteiger partial charge in [0, 0.05) is 43.6 Å². The zero-order chi connectivity index (χ0) is 19.7. The van der Waals surface area contributed by atoms with Crippen LogP contribution in [-0.4, -0.2) is 51.6 Å². The molecule has 0 aliphatic carbocycles. The highest BCUT2D eigenvalue weighted by Crippen LogP contribution is 2.25. The zero-order valence-electron chi connectivity index (χ0n) is 15.0. The minimum atomic E-state index is -0.514. The molecule has 4 rings (SSSR count). The van der Waals surface area contributed by atoms with Crippen LogP contribution in [0.3, 0.4) is 0 Å². The molecule has 142 valence electrons. The van der Waals surface area contributed by atoms with Gasteiger partial charge >= 0.3 is 6.09 Å². The van der Waals surface area contributed by atoms with E-state index in [4.69, 9.17) is 4.74 Å². The summed E-state index contributed by atoms with van der Waals surface area (Å²) in [6.45, 7) is 0.819. The van der Waals surface area contributed by atoms with Crippen LogP contribution >= 0.6 is 0 Å². The molecule has 1 saturated heterocycles. The van der Waals surface area contributed by atoms with Crippen molar-refractivity contribution in [1.82, 2.24) is 19.4 Å². The molecule has 3 aromatic heterocycles. The molecule has 1 aliphatic rings. The Morgan fingerprint density at radius 3 is 2.64 bits per heavy atom. The molecule has 9 heteroatoms. The maximum absolute atomic E-state index is 12.8. The molecule has 0 radical (unpaired) electrons. The summed E-state index contributed by atoms with van der Waals surface area (Å²) in [6, 6.07) is 6.46. The van der Waals surface area contributed by atoms with Crippen LogP contribution in [0.5, 0.6) is 0 Å². The largest absolute Gasteiger partial charge is 0.453 e. The van der Waals surface area contributed by atoms with E-state index in [9.17, 15) is 14.4 Å². The Labute approximate surface area is 159 Å². The number of pyridine rings is 3. The van der Waals surface area contributed by atoms with Crippen LogP contribution in [0.25, 0.3) is 11.0 Å². The van der Waals surface area contributed by atoms with E-state index in [2.05, 4.69) is 15.3 Å². The number of hydrogen-bond donors (Lipinski definition) is 1. The van der Waals surface area contributed by atoms with Crippen LogP contribution in [0.4, 0.5) is 10.5 Å². The number of carbonyl (C=O) groups excluding carboxylic acids is 2. The van der Waals surface area contributed by atoms with Gasteiger partial charge < -0.3 is 19.5 Å². The predicted octanol–water partition coefficient (Wildman–Crippen LogP) is 1.67. The van der Waals surface area contributed by atoms with Gasteiger partial charge in [-0.3, -0.25) is 14.6 Å². The SMILES string of the molecule is COC(=O)N1CC(n2cc(C(=O)Nc3ccncc3)c(=O)c3cccnc32)C1. The first-order valence-corrected chi connectivity index (χ1v) is 8.62. The minimum Gasteiger partial charge on any atom is -0.453 e. The van der Waals surface area contributed by atoms with E-state index in [-0.39, 0.29) is 11.6 Å². The Hall–Kier alpha value is -3.75. The van der Waals surface area contributed by atoms with E-state index in [1.165, 1.54) is 18.2 Å². The molecule has 1 N–H and O–H groups in total. The number of likely N-dealkylation sites (tertiary alicyclic amines) is 1. The molecule has 0 atom stereocenters. The monoisotopic (exact) mass is 379 g/mol. The lowest BCUT2D eigenvalue weighted by molar-refractivity contribution is 0.0719. The number of amides is 2. The second-order valence-electron chi connectivity index (χ2n) is 6.37. The highest BCUT2D eigenvalue weighted by molar-refractivity contribution is 6.05. The van der Waals surface area contributed by atoms with Crippen molar-refractivity contribution < 1.29 is 14.3 Å². The first kappa shape index (κ1) is 17.7. The lowest BCUT2D eigenvalue weighted by Crippen LogP contribution is -2.51. The summed E-state index contributed by atoms with van der Waals surface area (Å²) >= 11 is 0. The third-order valence-electron chi connectivity index (χ3n) is 4.66. The van der Waals surface area contributed by atoms with Crippen molar-refractivity contribution in [2.75, 3.05) is 25.5 Å². The van der Waals surface area contributed by atoms with Crippen molar-refractivity contribution in [1.29, 1.82) is 0 Å². The van der Waals surface area contributed by atoms with Gasteiger partial charge in [-0.05, 0) is 24.3 Å². The summed E-state index contributed by atoms with van der Waals surface area (Å²) in [5, 5.41) is 3.05. The Bertz CT molecular complexity index is 1110. The molecule has 4 heterocycles. The number of fused-ring (bicyclic) bond motifs is 1. The number of aromatic nitrogens is 3. The van der Waals surface area contributed by atoms with Gasteiger partial charge in [0.15, 0.2) is 0 Å². The molecular weight excluding hydrogens is 362 g/mol. The summed E-state index contributed by atoms with van der Waals surface area (Å²) in [5.74, 6) is -0.514. The van der Waals surface area contributed by atoms with Gasteiger partial charge in [0.05, 0.1) is 18.5 Å². The summed E-state index contributed by atoms with van der Waals surface area (Å²) in [4.78, 5) is 46.9. The van der Waals surface area contributed by atoms with Gasteiger partial charge in [0.25, 0.3) is 5.91 Å². The average Bonchev–Trinajstić information content (AvgIpc) is 2.69. The highest BCUT2D eigenvalue weighted by atomic mass is 16.5. The Balaban J connectivity index is 1.72. The lowest BCUT2D eigenvalue weighted by atomic mass is 10.1. The summed E-state index contributed by atoms with van der Waals surface area (Å²) in [7, 11) is 1.33. The van der Waals surface area contributed by atoms with Gasteiger partial charge in [-0.2, -0.15) is 0 Å². The van der Waals surface area contributed by atoms with Crippen molar-refractivity contribution in [2.24, 2.45) is 0 Å². The molecule has 0 unspecified atom stereocenters. The fraction of sp³-hybridized carbons (Fsp3) is 0.211. The van der Waals surface area contributed by atoms with E-state index < -0.39 is 17.4 Å². The molecule has 1 aliphatic heterocycles. The summed E-state index contributed by atoms with van der Waals surface area (Å²) in [6.07, 6.45) is 5.78. The number of nitrogens with zero attached hydrogens (tertiary/aromatic N) is 4. The number of rotatable bonds is 3. The zero-order valence-corrected chi connectivity index (χ0v) is 15.0. The van der Waals surface area contributed by atoms with E-state index >= 15 is 0 Å². The quantitative estimate of drug-likeness (QED) is 0.742. The summed E-state index contributed by atoms with van der Waals surface area (Å²) < 4.78 is 6.49. The number of carbonyl (C=O) groups is 2. The fourth-order valence-corrected chi connectivity index (χ4v) is 3.17. The second-order valence-corrected chi connectivity index (χ2v) is 6.37. The number of methoxy groups -OCH3 is 1. The molecule has 9 nitrogen and oxygen atoms in total. The second kappa shape index (κ2) is 7.10. The van der Waals surface area contributed by atoms with Gasteiger partial charge in [-0.15, -0.1) is 0 Å². The van der Waals surface area contributed by atoms with Gasteiger partial charge in [-0.25, -0.2) is 9.78 Å². The first-order valence-electron chi connectivity index (χ1n) is 8.62. The van der Waals surface area contributed by atoms with Gasteiger partial charge in [0.2, 0.25) is 5.43 Å². The lowest BCUT2D eigenvalue weighted by Gasteiger charge is -2.39. The van der Waals surface area contributed by atoms with Crippen molar-refractivity contribution >= 4 is 28.7 Å². The minimum absolute atomic E-state index is 0.00818. The van der Waals surface area contributed by atoms with Gasteiger partial charge in [-0.1, -0.05) is 0 Å². The van der Waals surface area contributed by atoms with Crippen molar-refractivity contribution in [3.63, 3.8) is 0 Å². The molecule has 3 aromatic rings. The van der Waals surface area contributed by atoms with Crippen LogP contribution in [-0.2, 0) is 4.74 Å². The van der Waals surface area contributed by atoms with Crippen LogP contribution < -0.4 is 10.7 Å². The van der Waals surface area contributed by atoms with E-state index in [1.807, 2.05) is 0 Å². The summed E-state index contributed by atoms with van der Waals surface area (Å²) in [5.41, 5.74) is 0.629. The molecule has 0 spiro atoms. The number of anilines is 1. The number of ether oxygens (including phenoxy) is 1.